The van der Waals surface area contributed by atoms with Crippen molar-refractivity contribution in [1.29, 1.82) is 0 Å². The molecule has 4 heteroatoms. The fourth-order valence-electron chi connectivity index (χ4n) is 3.23. The van der Waals surface area contributed by atoms with Crippen molar-refractivity contribution in [1.82, 2.24) is 5.32 Å². The molecule has 1 aromatic carbocycles. The van der Waals surface area contributed by atoms with E-state index in [4.69, 9.17) is 4.74 Å². The van der Waals surface area contributed by atoms with Gasteiger partial charge < -0.3 is 15.4 Å². The van der Waals surface area contributed by atoms with E-state index in [-0.39, 0.29) is 6.03 Å². The second-order valence-corrected chi connectivity index (χ2v) is 7.67. The Morgan fingerprint density at radius 1 is 0.867 bits per heavy atom. The molecule has 0 aliphatic carbocycles. The Balaban J connectivity index is 1.90. The van der Waals surface area contributed by atoms with Crippen LogP contribution in [0, 0.1) is 0 Å². The maximum Gasteiger partial charge on any atom is 0.319 e. The van der Waals surface area contributed by atoms with Crippen LogP contribution in [0.3, 0.4) is 0 Å². The summed E-state index contributed by atoms with van der Waals surface area (Å²) in [4.78, 5) is 12.0. The number of anilines is 1. The summed E-state index contributed by atoms with van der Waals surface area (Å²) in [6, 6.07) is 7.24. The van der Waals surface area contributed by atoms with Crippen molar-refractivity contribution in [3.05, 3.63) is 48.6 Å². The Bertz CT molecular complexity index is 611. The Hall–Kier alpha value is -2.23. The lowest BCUT2D eigenvalue weighted by Gasteiger charge is -2.10. The van der Waals surface area contributed by atoms with Crippen molar-refractivity contribution in [2.45, 2.75) is 84.0 Å². The Morgan fingerprint density at radius 2 is 1.50 bits per heavy atom. The molecule has 0 heterocycles. The van der Waals surface area contributed by atoms with Gasteiger partial charge in [-0.2, -0.15) is 0 Å². The Morgan fingerprint density at radius 3 is 2.20 bits per heavy atom. The van der Waals surface area contributed by atoms with Gasteiger partial charge in [-0.3, -0.25) is 0 Å². The lowest BCUT2D eigenvalue weighted by molar-refractivity contribution is 0.251. The van der Waals surface area contributed by atoms with Crippen LogP contribution >= 0.6 is 0 Å². The van der Waals surface area contributed by atoms with Crippen molar-refractivity contribution in [3.8, 4) is 5.75 Å². The molecule has 30 heavy (non-hydrogen) atoms. The van der Waals surface area contributed by atoms with E-state index in [9.17, 15) is 4.79 Å². The van der Waals surface area contributed by atoms with Crippen LogP contribution in [-0.4, -0.2) is 19.7 Å². The lowest BCUT2D eigenvalue weighted by atomic mass is 10.1. The van der Waals surface area contributed by atoms with Crippen LogP contribution in [-0.2, 0) is 0 Å². The van der Waals surface area contributed by atoms with Gasteiger partial charge in [-0.25, -0.2) is 4.79 Å². The summed E-state index contributed by atoms with van der Waals surface area (Å²) >= 11 is 0. The quantitative estimate of drug-likeness (QED) is 0.203. The molecule has 0 spiro atoms. The van der Waals surface area contributed by atoms with Gasteiger partial charge in [0, 0.05) is 6.54 Å². The largest absolute Gasteiger partial charge is 0.495 e. The smallest absolute Gasteiger partial charge is 0.319 e. The van der Waals surface area contributed by atoms with Gasteiger partial charge in [-0.05, 0) is 50.7 Å². The number of carbonyl (C=O) groups is 1. The SMILES string of the molecule is CCCCC/C=C/C/C=C/CCCCCCCCNC(=O)Nc1ccccc1OC. The maximum atomic E-state index is 12.0. The van der Waals surface area contributed by atoms with Crippen LogP contribution in [0.15, 0.2) is 48.6 Å². The Labute approximate surface area is 184 Å². The highest BCUT2D eigenvalue weighted by molar-refractivity contribution is 5.90. The average Bonchev–Trinajstić information content (AvgIpc) is 2.76. The molecule has 0 atom stereocenters. The van der Waals surface area contributed by atoms with E-state index in [2.05, 4.69) is 41.9 Å². The number of urea groups is 1. The minimum absolute atomic E-state index is 0.179. The molecule has 0 bridgehead atoms. The van der Waals surface area contributed by atoms with E-state index in [1.807, 2.05) is 24.3 Å². The van der Waals surface area contributed by atoms with Crippen LogP contribution in [0.1, 0.15) is 84.0 Å². The van der Waals surface area contributed by atoms with Gasteiger partial charge in [0.25, 0.3) is 0 Å². The van der Waals surface area contributed by atoms with E-state index in [0.717, 1.165) is 19.3 Å². The number of rotatable bonds is 17. The summed E-state index contributed by atoms with van der Waals surface area (Å²) in [5.74, 6) is 0.668. The normalized spacial score (nSPS) is 11.3. The van der Waals surface area contributed by atoms with E-state index >= 15 is 0 Å². The molecule has 2 N–H and O–H groups in total. The van der Waals surface area contributed by atoms with Crippen molar-refractivity contribution in [3.63, 3.8) is 0 Å². The molecule has 4 nitrogen and oxygen atoms in total. The molecule has 0 saturated heterocycles. The van der Waals surface area contributed by atoms with Crippen LogP contribution < -0.4 is 15.4 Å². The fourth-order valence-corrected chi connectivity index (χ4v) is 3.23. The summed E-state index contributed by atoms with van der Waals surface area (Å²) in [6.07, 6.45) is 23.9. The summed E-state index contributed by atoms with van der Waals surface area (Å²) in [5.41, 5.74) is 0.689. The van der Waals surface area contributed by atoms with Gasteiger partial charge in [0.05, 0.1) is 12.8 Å². The number of para-hydroxylation sites is 2. The zero-order valence-corrected chi connectivity index (χ0v) is 19.1. The molecule has 168 valence electrons. The van der Waals surface area contributed by atoms with Crippen LogP contribution in [0.2, 0.25) is 0 Å². The molecule has 1 aromatic rings. The van der Waals surface area contributed by atoms with Crippen LogP contribution in [0.4, 0.5) is 10.5 Å². The first kappa shape index (κ1) is 25.8. The summed E-state index contributed by atoms with van der Waals surface area (Å²) < 4.78 is 5.24. The number of hydrogen-bond acceptors (Lipinski definition) is 2. The molecule has 2 amide bonds. The topological polar surface area (TPSA) is 50.4 Å². The standard InChI is InChI=1S/C26H42N2O2/c1-3-4-5-6-7-8-9-10-11-12-13-14-15-16-17-20-23-27-26(29)28-24-21-18-19-22-25(24)30-2/h7-8,10-11,18-19,21-22H,3-6,9,12-17,20,23H2,1-2H3,(H2,27,28,29)/b8-7+,11-10+. The molecule has 0 radical (unpaired) electrons. The van der Waals surface area contributed by atoms with Crippen LogP contribution in [0.25, 0.3) is 0 Å². The first-order valence-corrected chi connectivity index (χ1v) is 11.8. The predicted molar refractivity (Wildman–Crippen MR) is 129 cm³/mol. The van der Waals surface area contributed by atoms with Crippen LogP contribution in [0.5, 0.6) is 5.75 Å². The molecule has 0 aliphatic heterocycles. The lowest BCUT2D eigenvalue weighted by Crippen LogP contribution is -2.29. The molecule has 0 aromatic heterocycles. The highest BCUT2D eigenvalue weighted by Crippen LogP contribution is 2.22. The molecule has 0 saturated carbocycles. The number of methoxy groups -OCH3 is 1. The van der Waals surface area contributed by atoms with Gasteiger partial charge in [0.1, 0.15) is 5.75 Å². The number of allylic oxidation sites excluding steroid dienone is 4. The van der Waals surface area contributed by atoms with E-state index < -0.39 is 0 Å². The van der Waals surface area contributed by atoms with Crippen molar-refractivity contribution < 1.29 is 9.53 Å². The van der Waals surface area contributed by atoms with E-state index in [0.29, 0.717) is 18.0 Å². The molecule has 1 rings (SSSR count). The number of hydrogen-bond donors (Lipinski definition) is 2. The maximum absolute atomic E-state index is 12.0. The second kappa shape index (κ2) is 18.8. The van der Waals surface area contributed by atoms with E-state index in [1.54, 1.807) is 7.11 Å². The Kier molecular flexibility index (Phi) is 16.2. The molecular weight excluding hydrogens is 372 g/mol. The monoisotopic (exact) mass is 414 g/mol. The third kappa shape index (κ3) is 13.9. The first-order chi connectivity index (χ1) is 14.8. The van der Waals surface area contributed by atoms with Gasteiger partial charge in [-0.1, -0.05) is 81.9 Å². The summed E-state index contributed by atoms with van der Waals surface area (Å²) in [7, 11) is 1.60. The van der Waals surface area contributed by atoms with Gasteiger partial charge in [-0.15, -0.1) is 0 Å². The first-order valence-electron chi connectivity index (χ1n) is 11.8. The molecular formula is C26H42N2O2. The number of nitrogens with one attached hydrogen (secondary N) is 2. The third-order valence-electron chi connectivity index (χ3n) is 5.02. The van der Waals surface area contributed by atoms with Crippen molar-refractivity contribution >= 4 is 11.7 Å². The number of carbonyl (C=O) groups excluding carboxylic acids is 1. The van der Waals surface area contributed by atoms with Crippen molar-refractivity contribution in [2.24, 2.45) is 0 Å². The van der Waals surface area contributed by atoms with Gasteiger partial charge in [0.2, 0.25) is 0 Å². The minimum Gasteiger partial charge on any atom is -0.495 e. The highest BCUT2D eigenvalue weighted by atomic mass is 16.5. The zero-order chi connectivity index (χ0) is 21.7. The summed E-state index contributed by atoms with van der Waals surface area (Å²) in [5, 5.41) is 5.74. The highest BCUT2D eigenvalue weighted by Gasteiger charge is 2.05. The number of ether oxygens (including phenoxy) is 1. The molecule has 0 aliphatic rings. The second-order valence-electron chi connectivity index (χ2n) is 7.67. The van der Waals surface area contributed by atoms with Gasteiger partial charge >= 0.3 is 6.03 Å². The predicted octanol–water partition coefficient (Wildman–Crippen LogP) is 7.63. The van der Waals surface area contributed by atoms with Gasteiger partial charge in [0.15, 0.2) is 0 Å². The van der Waals surface area contributed by atoms with Crippen molar-refractivity contribution in [2.75, 3.05) is 19.0 Å². The number of unbranched alkanes of at least 4 members (excludes halogenated alkanes) is 9. The number of benzene rings is 1. The fraction of sp³-hybridized carbons (Fsp3) is 0.577. The molecule has 0 fully saturated rings. The average molecular weight is 415 g/mol. The zero-order valence-electron chi connectivity index (χ0n) is 19.1. The van der Waals surface area contributed by atoms with E-state index in [1.165, 1.54) is 57.8 Å². The molecule has 0 unspecified atom stereocenters. The minimum atomic E-state index is -0.179. The number of amides is 2. The third-order valence-corrected chi connectivity index (χ3v) is 5.02. The summed E-state index contributed by atoms with van der Waals surface area (Å²) in [6.45, 7) is 2.95.